The Kier molecular flexibility index (Phi) is 7.83. The predicted molar refractivity (Wildman–Crippen MR) is 164 cm³/mol. The summed E-state index contributed by atoms with van der Waals surface area (Å²) in [6.45, 7) is 0. The second-order valence-electron chi connectivity index (χ2n) is 9.57. The van der Waals surface area contributed by atoms with Crippen LogP contribution in [0.2, 0.25) is 0 Å². The van der Waals surface area contributed by atoms with Crippen LogP contribution in [0.4, 0.5) is 9.52 Å². The highest BCUT2D eigenvalue weighted by Gasteiger charge is 2.48. The number of fused-ring (bicyclic) bond motifs is 1. The Labute approximate surface area is 254 Å². The van der Waals surface area contributed by atoms with Gasteiger partial charge in [-0.1, -0.05) is 77.7 Å². The van der Waals surface area contributed by atoms with Gasteiger partial charge in [-0.3, -0.25) is 14.5 Å². The molecule has 11 heteroatoms. The van der Waals surface area contributed by atoms with E-state index in [1.807, 2.05) is 18.2 Å². The number of hydrogen-bond acceptors (Lipinski definition) is 9. The number of rotatable bonds is 8. The van der Waals surface area contributed by atoms with Crippen molar-refractivity contribution in [3.8, 4) is 11.5 Å². The summed E-state index contributed by atoms with van der Waals surface area (Å²) in [7, 11) is 2.85. The molecule has 1 N–H and O–H groups in total. The van der Waals surface area contributed by atoms with E-state index in [1.165, 1.54) is 54.4 Å². The van der Waals surface area contributed by atoms with E-state index in [2.05, 4.69) is 34.5 Å². The molecule has 1 amide bonds. The minimum Gasteiger partial charge on any atom is -0.507 e. The number of halogens is 1. The number of aliphatic hydroxyl groups is 1. The maximum absolute atomic E-state index is 14.5. The molecule has 4 aromatic carbocycles. The van der Waals surface area contributed by atoms with Crippen LogP contribution >= 0.6 is 23.1 Å². The summed E-state index contributed by atoms with van der Waals surface area (Å²) in [5.41, 5.74) is 1.49. The summed E-state index contributed by atoms with van der Waals surface area (Å²) < 4.78 is 25.4. The van der Waals surface area contributed by atoms with Crippen molar-refractivity contribution in [1.29, 1.82) is 0 Å². The van der Waals surface area contributed by atoms with Gasteiger partial charge in [-0.25, -0.2) is 4.39 Å². The lowest BCUT2D eigenvalue weighted by molar-refractivity contribution is -0.132. The van der Waals surface area contributed by atoms with Crippen LogP contribution in [0.3, 0.4) is 0 Å². The van der Waals surface area contributed by atoms with Crippen molar-refractivity contribution in [3.63, 3.8) is 0 Å². The van der Waals surface area contributed by atoms with E-state index >= 15 is 0 Å². The zero-order valence-corrected chi connectivity index (χ0v) is 24.6. The van der Waals surface area contributed by atoms with Gasteiger partial charge in [-0.05, 0) is 52.2 Å². The number of nitrogens with zero attached hydrogens (tertiary/aromatic N) is 3. The summed E-state index contributed by atoms with van der Waals surface area (Å²) in [5, 5.41) is 22.3. The molecule has 1 saturated heterocycles. The van der Waals surface area contributed by atoms with Gasteiger partial charge in [0.05, 0.1) is 25.8 Å². The third-order valence-electron chi connectivity index (χ3n) is 7.13. The van der Waals surface area contributed by atoms with Crippen LogP contribution in [0.5, 0.6) is 11.5 Å². The summed E-state index contributed by atoms with van der Waals surface area (Å²) >= 11 is 2.64. The van der Waals surface area contributed by atoms with Crippen molar-refractivity contribution in [2.24, 2.45) is 0 Å². The van der Waals surface area contributed by atoms with Crippen LogP contribution in [-0.4, -0.2) is 41.2 Å². The second kappa shape index (κ2) is 11.9. The molecule has 0 bridgehead atoms. The van der Waals surface area contributed by atoms with Crippen molar-refractivity contribution in [2.75, 3.05) is 19.1 Å². The molecule has 5 aromatic rings. The fraction of sp³-hybridized carbons (Fsp3) is 0.125. The van der Waals surface area contributed by atoms with Crippen molar-refractivity contribution >= 4 is 56.5 Å². The first-order chi connectivity index (χ1) is 20.9. The quantitative estimate of drug-likeness (QED) is 0.0673. The number of aliphatic hydroxyl groups excluding tert-OH is 1. The average Bonchev–Trinajstić information content (AvgIpc) is 3.61. The molecular weight excluding hydrogens is 590 g/mol. The van der Waals surface area contributed by atoms with Gasteiger partial charge in [-0.2, -0.15) is 0 Å². The van der Waals surface area contributed by atoms with Crippen LogP contribution in [0.25, 0.3) is 16.5 Å². The molecule has 1 aliphatic rings. The number of aromatic nitrogens is 2. The third-order valence-corrected chi connectivity index (χ3v) is 9.24. The Balaban J connectivity index is 1.38. The van der Waals surface area contributed by atoms with Crippen LogP contribution in [0.1, 0.15) is 22.7 Å². The number of ether oxygens (including phenoxy) is 2. The number of thioether (sulfide) groups is 1. The highest BCUT2D eigenvalue weighted by molar-refractivity contribution is 8.00. The van der Waals surface area contributed by atoms with E-state index in [4.69, 9.17) is 9.47 Å². The van der Waals surface area contributed by atoms with Crippen LogP contribution in [0.15, 0.2) is 94.8 Å². The number of hydrogen-bond donors (Lipinski definition) is 1. The Morgan fingerprint density at radius 2 is 1.74 bits per heavy atom. The number of Topliss-reactive ketones (excluding diaryl/α,β-unsaturated/α-hetero) is 1. The molecule has 0 saturated carbocycles. The van der Waals surface area contributed by atoms with E-state index < -0.39 is 29.3 Å². The Bertz CT molecular complexity index is 1880. The smallest absolute Gasteiger partial charge is 0.301 e. The van der Waals surface area contributed by atoms with Crippen molar-refractivity contribution in [1.82, 2.24) is 10.2 Å². The lowest BCUT2D eigenvalue weighted by Crippen LogP contribution is -2.29. The maximum atomic E-state index is 14.5. The average molecular weight is 614 g/mol. The highest BCUT2D eigenvalue weighted by Crippen LogP contribution is 2.44. The first-order valence-electron chi connectivity index (χ1n) is 13.1. The molecule has 0 spiro atoms. The fourth-order valence-electron chi connectivity index (χ4n) is 5.02. The number of amides is 1. The molecule has 0 radical (unpaired) electrons. The minimum absolute atomic E-state index is 0.0221. The van der Waals surface area contributed by atoms with Crippen LogP contribution in [0, 0.1) is 5.82 Å². The first kappa shape index (κ1) is 28.4. The van der Waals surface area contributed by atoms with Crippen LogP contribution in [-0.2, 0) is 15.3 Å². The molecule has 216 valence electrons. The topological polar surface area (TPSA) is 102 Å². The molecule has 1 aromatic heterocycles. The predicted octanol–water partition coefficient (Wildman–Crippen LogP) is 6.77. The third kappa shape index (κ3) is 5.33. The molecule has 6 rings (SSSR count). The van der Waals surface area contributed by atoms with E-state index in [-0.39, 0.29) is 22.0 Å². The van der Waals surface area contributed by atoms with Crippen molar-refractivity contribution < 1.29 is 28.6 Å². The van der Waals surface area contributed by atoms with Gasteiger partial charge in [0.25, 0.3) is 5.78 Å². The van der Waals surface area contributed by atoms with Crippen molar-refractivity contribution in [2.45, 2.75) is 16.1 Å². The number of carbonyl (C=O) groups is 2. The molecule has 1 aliphatic heterocycles. The van der Waals surface area contributed by atoms with E-state index in [1.54, 1.807) is 24.3 Å². The number of benzene rings is 4. The maximum Gasteiger partial charge on any atom is 0.301 e. The Hall–Kier alpha value is -4.74. The van der Waals surface area contributed by atoms with Gasteiger partial charge >= 0.3 is 5.91 Å². The molecule has 8 nitrogen and oxygen atoms in total. The second-order valence-corrected chi connectivity index (χ2v) is 11.7. The summed E-state index contributed by atoms with van der Waals surface area (Å²) in [6, 6.07) is 23.8. The minimum atomic E-state index is -1.04. The van der Waals surface area contributed by atoms with Gasteiger partial charge in [0.2, 0.25) is 5.13 Å². The number of methoxy groups -OCH3 is 2. The molecule has 2 heterocycles. The summed E-state index contributed by atoms with van der Waals surface area (Å²) in [4.78, 5) is 28.2. The highest BCUT2D eigenvalue weighted by atomic mass is 32.2. The Morgan fingerprint density at radius 1 is 0.977 bits per heavy atom. The summed E-state index contributed by atoms with van der Waals surface area (Å²) in [5.74, 6) is -1.86. The monoisotopic (exact) mass is 613 g/mol. The first-order valence-corrected chi connectivity index (χ1v) is 14.9. The molecule has 1 atom stereocenters. The van der Waals surface area contributed by atoms with E-state index in [0.29, 0.717) is 21.4 Å². The molecule has 43 heavy (non-hydrogen) atoms. The fourth-order valence-corrected chi connectivity index (χ4v) is 6.89. The summed E-state index contributed by atoms with van der Waals surface area (Å²) in [6.07, 6.45) is 0. The lowest BCUT2D eigenvalue weighted by atomic mass is 9.95. The number of ketones is 1. The SMILES string of the molecule is COc1ccc(C2/C(=C(\O)c3ccc(OC)c(F)c3)C(=O)C(=O)N2c2nnc(SCc3cccc4ccccc34)s2)cc1. The van der Waals surface area contributed by atoms with Gasteiger partial charge in [-0.15, -0.1) is 10.2 Å². The van der Waals surface area contributed by atoms with Gasteiger partial charge in [0, 0.05) is 11.3 Å². The van der Waals surface area contributed by atoms with E-state index in [9.17, 15) is 19.1 Å². The van der Waals surface area contributed by atoms with Gasteiger partial charge < -0.3 is 14.6 Å². The molecule has 1 unspecified atom stereocenters. The lowest BCUT2D eigenvalue weighted by Gasteiger charge is -2.22. The zero-order chi connectivity index (χ0) is 30.1. The number of carbonyl (C=O) groups excluding carboxylic acids is 2. The Morgan fingerprint density at radius 3 is 2.49 bits per heavy atom. The van der Waals surface area contributed by atoms with Gasteiger partial charge in [0.1, 0.15) is 11.5 Å². The standard InChI is InChI=1S/C32H24FN3O5S2/c1-40-22-13-10-19(11-14-22)27-26(28(37)20-12-15-25(41-2)24(33)16-20)29(38)30(39)36(27)31-34-35-32(43-31)42-17-21-8-5-7-18-6-3-4-9-23(18)21/h3-16,27,37H,17H2,1-2H3/b28-26+. The normalized spacial score (nSPS) is 16.2. The molecular formula is C32H24FN3O5S2. The largest absolute Gasteiger partial charge is 0.507 e. The van der Waals surface area contributed by atoms with E-state index in [0.717, 1.165) is 22.4 Å². The molecule has 0 aliphatic carbocycles. The van der Waals surface area contributed by atoms with Gasteiger partial charge in [0.15, 0.2) is 15.9 Å². The zero-order valence-electron chi connectivity index (χ0n) is 23.0. The van der Waals surface area contributed by atoms with Crippen molar-refractivity contribution in [3.05, 3.63) is 113 Å². The molecule has 1 fully saturated rings. The number of anilines is 1. The van der Waals surface area contributed by atoms with Crippen LogP contribution < -0.4 is 14.4 Å².